The van der Waals surface area contributed by atoms with E-state index < -0.39 is 73.8 Å². The number of nitrogens with one attached hydrogen (secondary N) is 2. The molecule has 12 nitrogen and oxygen atoms in total. The Labute approximate surface area is 250 Å². The molecule has 224 valence electrons. The van der Waals surface area contributed by atoms with Crippen molar-refractivity contribution in [1.82, 2.24) is 20.7 Å². The number of carbonyl (C=O) groups excluding carboxylic acids is 3. The molecule has 3 aliphatic heterocycles. The van der Waals surface area contributed by atoms with E-state index in [1.807, 2.05) is 6.07 Å². The van der Waals surface area contributed by atoms with Crippen LogP contribution < -0.4 is 10.6 Å². The molecule has 0 bridgehead atoms. The van der Waals surface area contributed by atoms with Crippen molar-refractivity contribution in [3.63, 3.8) is 0 Å². The molecule has 14 heteroatoms. The number of Topliss-reactive ketones (excluding diaryl/α,β-unsaturated/α-hetero) is 1. The topological polar surface area (TPSA) is 179 Å². The lowest BCUT2D eigenvalue weighted by Gasteiger charge is -2.44. The normalized spacial score (nSPS) is 28.1. The minimum Gasteiger partial charge on any atom is -0.480 e. The highest BCUT2D eigenvalue weighted by Gasteiger charge is 2.64. The fourth-order valence-corrected chi connectivity index (χ4v) is 9.07. The minimum absolute atomic E-state index is 0.222. The number of hydrogen-bond acceptors (Lipinski definition) is 10. The van der Waals surface area contributed by atoms with Gasteiger partial charge in [0.05, 0.1) is 16.9 Å². The van der Waals surface area contributed by atoms with Crippen LogP contribution in [-0.4, -0.2) is 88.2 Å². The summed E-state index contributed by atoms with van der Waals surface area (Å²) in [4.78, 5) is 65.9. The fourth-order valence-electron chi connectivity index (χ4n) is 5.90. The van der Waals surface area contributed by atoms with Crippen molar-refractivity contribution in [2.45, 2.75) is 79.4 Å². The van der Waals surface area contributed by atoms with Gasteiger partial charge in [-0.1, -0.05) is 35.5 Å². The molecule has 3 fully saturated rings. The number of β-lactam (4-membered cyclic amide) rings is 1. The molecule has 2 aromatic rings. The van der Waals surface area contributed by atoms with E-state index in [0.29, 0.717) is 11.3 Å². The molecule has 4 N–H and O–H groups in total. The zero-order valence-corrected chi connectivity index (χ0v) is 25.2. The summed E-state index contributed by atoms with van der Waals surface area (Å²) in [5.41, 5.74) is 1.22. The van der Waals surface area contributed by atoms with Gasteiger partial charge in [-0.15, -0.1) is 23.5 Å². The smallest absolute Gasteiger partial charge is 0.327 e. The van der Waals surface area contributed by atoms with Gasteiger partial charge in [-0.25, -0.2) is 4.79 Å². The van der Waals surface area contributed by atoms with Gasteiger partial charge in [0.1, 0.15) is 35.0 Å². The Hall–Kier alpha value is -3.36. The Bertz CT molecular complexity index is 1460. The average molecular weight is 617 g/mol. The number of amides is 2. The van der Waals surface area contributed by atoms with Crippen LogP contribution in [0.1, 0.15) is 50.2 Å². The van der Waals surface area contributed by atoms with Crippen molar-refractivity contribution in [3.05, 3.63) is 41.7 Å². The number of benzene rings is 1. The van der Waals surface area contributed by atoms with Crippen LogP contribution in [0.5, 0.6) is 0 Å². The highest BCUT2D eigenvalue weighted by atomic mass is 32.2. The number of aryl methyl sites for hydroxylation is 1. The molecule has 1 aromatic heterocycles. The summed E-state index contributed by atoms with van der Waals surface area (Å²) in [6, 6.07) is 5.99. The summed E-state index contributed by atoms with van der Waals surface area (Å²) in [5, 5.41) is 28.0. The lowest BCUT2D eigenvalue weighted by Crippen LogP contribution is -2.71. The quantitative estimate of drug-likeness (QED) is 0.239. The molecule has 5 rings (SSSR count). The molecule has 3 aliphatic rings. The number of carbonyl (C=O) groups is 5. The molecule has 2 amide bonds. The lowest BCUT2D eigenvalue weighted by atomic mass is 9.92. The highest BCUT2D eigenvalue weighted by Crippen LogP contribution is 2.51. The third-order valence-electron chi connectivity index (χ3n) is 7.97. The second-order valence-corrected chi connectivity index (χ2v) is 15.3. The van der Waals surface area contributed by atoms with E-state index in [-0.39, 0.29) is 17.7 Å². The maximum Gasteiger partial charge on any atom is 0.327 e. The van der Waals surface area contributed by atoms with Crippen molar-refractivity contribution in [2.24, 2.45) is 5.92 Å². The Balaban J connectivity index is 1.42. The van der Waals surface area contributed by atoms with E-state index in [0.717, 1.165) is 0 Å². The van der Waals surface area contributed by atoms with Crippen LogP contribution >= 0.6 is 23.5 Å². The molecule has 4 heterocycles. The monoisotopic (exact) mass is 616 g/mol. The van der Waals surface area contributed by atoms with Gasteiger partial charge in [0.25, 0.3) is 0 Å². The van der Waals surface area contributed by atoms with E-state index in [2.05, 4.69) is 15.8 Å². The van der Waals surface area contributed by atoms with Crippen molar-refractivity contribution >= 4 is 53.1 Å². The summed E-state index contributed by atoms with van der Waals surface area (Å²) >= 11 is 2.53. The maximum absolute atomic E-state index is 13.9. The van der Waals surface area contributed by atoms with E-state index in [1.165, 1.54) is 28.4 Å². The molecular weight excluding hydrogens is 584 g/mol. The van der Waals surface area contributed by atoms with Gasteiger partial charge in [0.2, 0.25) is 11.8 Å². The summed E-state index contributed by atoms with van der Waals surface area (Å²) in [6.45, 7) is 8.57. The van der Waals surface area contributed by atoms with Crippen LogP contribution in [0.2, 0.25) is 0 Å². The van der Waals surface area contributed by atoms with Crippen LogP contribution in [-0.2, 0) is 19.2 Å². The molecule has 0 unspecified atom stereocenters. The van der Waals surface area contributed by atoms with E-state index >= 15 is 0 Å². The molecule has 0 aliphatic carbocycles. The molecule has 3 saturated heterocycles. The first-order chi connectivity index (χ1) is 19.6. The third kappa shape index (κ3) is 5.09. The summed E-state index contributed by atoms with van der Waals surface area (Å²) in [6.07, 6.45) is -0.313. The number of thioether (sulfide) groups is 2. The number of ketones is 1. The largest absolute Gasteiger partial charge is 0.480 e. The standard InChI is InChI=1S/C28H32N4O8S2/c1-12-16(17(31-40-12)13-9-7-6-8-10-13)15(33)11-14(22-30-19(25(36)37)27(2,3)41-22)21(34)29-18-23(35)32-20(26(38)39)28(4,5)42-24(18)32/h6-10,14,18-20,22,24,30H,11H2,1-5H3,(H,29,34)(H,36,37)(H,38,39)/t14-,18-,19+,20+,22-,24-/m1/s1. The van der Waals surface area contributed by atoms with Crippen LogP contribution in [0.25, 0.3) is 11.3 Å². The van der Waals surface area contributed by atoms with Crippen molar-refractivity contribution in [2.75, 3.05) is 0 Å². The second-order valence-electron chi connectivity index (χ2n) is 11.7. The average Bonchev–Trinajstić information content (AvgIpc) is 3.54. The van der Waals surface area contributed by atoms with Gasteiger partial charge in [-0.2, -0.15) is 0 Å². The van der Waals surface area contributed by atoms with Gasteiger partial charge in [-0.3, -0.25) is 24.5 Å². The SMILES string of the molecule is Cc1onc(-c2ccccc2)c1C(=O)C[C@H](C(=O)N[C@@H]1C(=O)N2[C@@H]1SC(C)(C)[C@@H]2C(=O)O)[C@@H]1N[C@@H](C(=O)O)C(C)(C)S1. The number of nitrogens with zero attached hydrogens (tertiary/aromatic N) is 2. The highest BCUT2D eigenvalue weighted by molar-refractivity contribution is 8.02. The lowest BCUT2D eigenvalue weighted by molar-refractivity contribution is -0.161. The minimum atomic E-state index is -1.12. The van der Waals surface area contributed by atoms with E-state index in [1.54, 1.807) is 58.9 Å². The van der Waals surface area contributed by atoms with Crippen LogP contribution in [0, 0.1) is 12.8 Å². The summed E-state index contributed by atoms with van der Waals surface area (Å²) in [5.74, 6) is -4.54. The van der Waals surface area contributed by atoms with Gasteiger partial charge >= 0.3 is 11.9 Å². The number of aromatic nitrogens is 1. The van der Waals surface area contributed by atoms with Crippen LogP contribution in [0.4, 0.5) is 0 Å². The number of fused-ring (bicyclic) bond motifs is 1. The van der Waals surface area contributed by atoms with E-state index in [9.17, 15) is 34.2 Å². The third-order valence-corrected chi connectivity index (χ3v) is 11.1. The van der Waals surface area contributed by atoms with Crippen LogP contribution in [0.15, 0.2) is 34.9 Å². The fraction of sp³-hybridized carbons (Fsp3) is 0.500. The first-order valence-electron chi connectivity index (χ1n) is 13.4. The van der Waals surface area contributed by atoms with Gasteiger partial charge in [0, 0.05) is 21.5 Å². The predicted octanol–water partition coefficient (Wildman–Crippen LogP) is 2.37. The van der Waals surface area contributed by atoms with Crippen molar-refractivity contribution in [1.29, 1.82) is 0 Å². The summed E-state index contributed by atoms with van der Waals surface area (Å²) < 4.78 is 3.77. The summed E-state index contributed by atoms with van der Waals surface area (Å²) in [7, 11) is 0. The zero-order valence-electron chi connectivity index (χ0n) is 23.6. The Morgan fingerprint density at radius 2 is 1.74 bits per heavy atom. The molecule has 0 saturated carbocycles. The second kappa shape index (κ2) is 10.7. The van der Waals surface area contributed by atoms with Gasteiger partial charge in [0.15, 0.2) is 5.78 Å². The number of hydrogen-bond donors (Lipinski definition) is 4. The molecule has 1 aromatic carbocycles. The predicted molar refractivity (Wildman–Crippen MR) is 155 cm³/mol. The molecule has 6 atom stereocenters. The van der Waals surface area contributed by atoms with Gasteiger partial charge < -0.3 is 25.0 Å². The Kier molecular flexibility index (Phi) is 7.69. The van der Waals surface area contributed by atoms with Gasteiger partial charge in [-0.05, 0) is 34.6 Å². The van der Waals surface area contributed by atoms with Crippen molar-refractivity contribution < 1.29 is 38.7 Å². The number of rotatable bonds is 9. The first kappa shape index (κ1) is 30.1. The maximum atomic E-state index is 13.9. The molecule has 42 heavy (non-hydrogen) atoms. The number of carboxylic acids is 2. The van der Waals surface area contributed by atoms with Crippen molar-refractivity contribution in [3.8, 4) is 11.3 Å². The molecular formula is C28H32N4O8S2. The molecule has 0 radical (unpaired) electrons. The zero-order chi connectivity index (χ0) is 30.7. The number of aliphatic carboxylic acids is 2. The molecule has 0 spiro atoms. The Morgan fingerprint density at radius 1 is 1.07 bits per heavy atom. The van der Waals surface area contributed by atoms with E-state index in [4.69, 9.17) is 4.52 Å². The first-order valence-corrected chi connectivity index (χ1v) is 15.1. The number of carboxylic acid groups (broad SMARTS) is 2. The van der Waals surface area contributed by atoms with Crippen LogP contribution in [0.3, 0.4) is 0 Å². The Morgan fingerprint density at radius 3 is 2.33 bits per heavy atom.